The number of benzene rings is 1. The van der Waals surface area contributed by atoms with Crippen molar-refractivity contribution in [1.82, 2.24) is 30.1 Å². The Kier molecular flexibility index (Phi) is 5.47. The van der Waals surface area contributed by atoms with Gasteiger partial charge in [0, 0.05) is 30.2 Å². The van der Waals surface area contributed by atoms with Crippen LogP contribution in [-0.2, 0) is 30.9 Å². The molecule has 0 aliphatic carbocycles. The van der Waals surface area contributed by atoms with Crippen molar-refractivity contribution in [2.45, 2.75) is 45.1 Å². The summed E-state index contributed by atoms with van der Waals surface area (Å²) in [6.45, 7) is 2.89. The molecular formula is C23H24N6O5. The molecule has 0 radical (unpaired) electrons. The molecule has 1 N–H and O–H groups in total. The molecule has 5 heterocycles. The van der Waals surface area contributed by atoms with E-state index in [9.17, 15) is 4.79 Å². The topological polar surface area (TPSA) is 121 Å². The minimum absolute atomic E-state index is 0.122. The predicted molar refractivity (Wildman–Crippen MR) is 119 cm³/mol. The van der Waals surface area contributed by atoms with Gasteiger partial charge in [-0.25, -0.2) is 4.68 Å². The van der Waals surface area contributed by atoms with Gasteiger partial charge < -0.3 is 23.6 Å². The van der Waals surface area contributed by atoms with Crippen LogP contribution in [0.15, 0.2) is 45.8 Å². The van der Waals surface area contributed by atoms with E-state index in [0.717, 1.165) is 30.6 Å². The Morgan fingerprint density at radius 3 is 2.88 bits per heavy atom. The van der Waals surface area contributed by atoms with Crippen LogP contribution in [0.5, 0.6) is 11.5 Å². The van der Waals surface area contributed by atoms with Gasteiger partial charge in [0.2, 0.25) is 6.79 Å². The van der Waals surface area contributed by atoms with Gasteiger partial charge >= 0.3 is 0 Å². The Morgan fingerprint density at radius 1 is 1.15 bits per heavy atom. The maximum absolute atomic E-state index is 12.9. The van der Waals surface area contributed by atoms with Gasteiger partial charge in [0.05, 0.1) is 37.5 Å². The van der Waals surface area contributed by atoms with Crippen molar-refractivity contribution in [3.05, 3.63) is 64.1 Å². The molecule has 1 saturated heterocycles. The van der Waals surface area contributed by atoms with Crippen LogP contribution in [0.25, 0.3) is 10.9 Å². The van der Waals surface area contributed by atoms with Crippen LogP contribution in [0, 0.1) is 0 Å². The smallest absolute Gasteiger partial charge is 0.252 e. The van der Waals surface area contributed by atoms with Gasteiger partial charge in [-0.05, 0) is 47.5 Å². The Morgan fingerprint density at radius 2 is 2.06 bits per heavy atom. The maximum atomic E-state index is 12.9. The second-order valence-electron chi connectivity index (χ2n) is 8.55. The first-order valence-electron chi connectivity index (χ1n) is 11.3. The zero-order chi connectivity index (χ0) is 22.9. The Labute approximate surface area is 194 Å². The molecule has 3 aromatic heterocycles. The standard InChI is InChI=1S/C23H24N6O5/c30-23-16(7-15-8-20-21(34-14-33-20)9-19(15)24-23)10-28(11-17-3-1-5-31-17)13-22-25-26-27-29(22)12-18-4-2-6-32-18/h1,3,5,7-9,18H,2,4,6,10-14H2,(H,24,30)/t18-/m0/s1. The number of rotatable bonds is 8. The number of aromatic nitrogens is 5. The number of nitrogens with one attached hydrogen (secondary N) is 1. The first kappa shape index (κ1) is 20.9. The van der Waals surface area contributed by atoms with E-state index in [1.807, 2.05) is 24.3 Å². The Bertz CT molecular complexity index is 1340. The normalized spacial score (nSPS) is 17.3. The van der Waals surface area contributed by atoms with Crippen LogP contribution in [-0.4, -0.2) is 49.6 Å². The van der Waals surface area contributed by atoms with Crippen molar-refractivity contribution in [2.24, 2.45) is 0 Å². The third-order valence-corrected chi connectivity index (χ3v) is 6.14. The van der Waals surface area contributed by atoms with Crippen LogP contribution in [0.2, 0.25) is 0 Å². The molecular weight excluding hydrogens is 440 g/mol. The summed E-state index contributed by atoms with van der Waals surface area (Å²) < 4.78 is 24.0. The van der Waals surface area contributed by atoms with Crippen LogP contribution >= 0.6 is 0 Å². The fraction of sp³-hybridized carbons (Fsp3) is 0.391. The lowest BCUT2D eigenvalue weighted by atomic mass is 10.1. The van der Waals surface area contributed by atoms with Crippen molar-refractivity contribution in [3.63, 3.8) is 0 Å². The van der Waals surface area contributed by atoms with Crippen molar-refractivity contribution in [3.8, 4) is 11.5 Å². The fourth-order valence-electron chi connectivity index (χ4n) is 4.45. The zero-order valence-electron chi connectivity index (χ0n) is 18.5. The molecule has 0 amide bonds. The highest BCUT2D eigenvalue weighted by Gasteiger charge is 2.21. The lowest BCUT2D eigenvalue weighted by molar-refractivity contribution is 0.0913. The molecule has 4 aromatic rings. The second kappa shape index (κ2) is 8.92. The molecule has 176 valence electrons. The minimum Gasteiger partial charge on any atom is -0.468 e. The summed E-state index contributed by atoms with van der Waals surface area (Å²) >= 11 is 0. The SMILES string of the molecule is O=c1[nH]c2cc3c(cc2cc1CN(Cc1ccco1)Cc1nnnn1C[C@@H]1CCCO1)OCO3. The quantitative estimate of drug-likeness (QED) is 0.418. The van der Waals surface area contributed by atoms with Crippen LogP contribution < -0.4 is 15.0 Å². The van der Waals surface area contributed by atoms with E-state index < -0.39 is 0 Å². The van der Waals surface area contributed by atoms with E-state index in [1.165, 1.54) is 0 Å². The Hall–Kier alpha value is -3.70. The minimum atomic E-state index is -0.158. The molecule has 2 aliphatic rings. The number of H-pyrrole nitrogens is 1. The number of tetrazole rings is 1. The van der Waals surface area contributed by atoms with Crippen LogP contribution in [0.3, 0.4) is 0 Å². The van der Waals surface area contributed by atoms with Crippen molar-refractivity contribution < 1.29 is 18.6 Å². The first-order chi connectivity index (χ1) is 16.7. The molecule has 11 heteroatoms. The van der Waals surface area contributed by atoms with E-state index in [0.29, 0.717) is 54.6 Å². The average molecular weight is 464 g/mol. The van der Waals surface area contributed by atoms with E-state index in [4.69, 9.17) is 18.6 Å². The van der Waals surface area contributed by atoms with Gasteiger partial charge in [0.1, 0.15) is 5.76 Å². The third-order valence-electron chi connectivity index (χ3n) is 6.14. The largest absolute Gasteiger partial charge is 0.468 e. The van der Waals surface area contributed by atoms with E-state index >= 15 is 0 Å². The fourth-order valence-corrected chi connectivity index (χ4v) is 4.45. The first-order valence-corrected chi connectivity index (χ1v) is 11.3. The zero-order valence-corrected chi connectivity index (χ0v) is 18.5. The van der Waals surface area contributed by atoms with E-state index in [2.05, 4.69) is 25.4 Å². The molecule has 0 bridgehead atoms. The summed E-state index contributed by atoms with van der Waals surface area (Å²) in [5, 5.41) is 13.2. The maximum Gasteiger partial charge on any atom is 0.252 e. The van der Waals surface area contributed by atoms with Crippen molar-refractivity contribution >= 4 is 10.9 Å². The van der Waals surface area contributed by atoms with Gasteiger partial charge in [-0.15, -0.1) is 5.10 Å². The summed E-state index contributed by atoms with van der Waals surface area (Å²) in [5.41, 5.74) is 1.17. The van der Waals surface area contributed by atoms with Gasteiger partial charge in [-0.1, -0.05) is 0 Å². The molecule has 11 nitrogen and oxygen atoms in total. The van der Waals surface area contributed by atoms with Gasteiger partial charge in [-0.2, -0.15) is 0 Å². The summed E-state index contributed by atoms with van der Waals surface area (Å²) in [6.07, 6.45) is 3.82. The molecule has 0 saturated carbocycles. The molecule has 6 rings (SSSR count). The second-order valence-corrected chi connectivity index (χ2v) is 8.55. The number of hydrogen-bond donors (Lipinski definition) is 1. The van der Waals surface area contributed by atoms with Crippen molar-refractivity contribution in [2.75, 3.05) is 13.4 Å². The predicted octanol–water partition coefficient (Wildman–Crippen LogP) is 2.22. The van der Waals surface area contributed by atoms with Gasteiger partial charge in [0.15, 0.2) is 17.3 Å². The molecule has 34 heavy (non-hydrogen) atoms. The average Bonchev–Trinajstić information content (AvgIpc) is 3.63. The summed E-state index contributed by atoms with van der Waals surface area (Å²) in [5.74, 6) is 2.81. The van der Waals surface area contributed by atoms with Crippen LogP contribution in [0.4, 0.5) is 0 Å². The highest BCUT2D eigenvalue weighted by atomic mass is 16.7. The third kappa shape index (κ3) is 4.27. The number of pyridine rings is 1. The molecule has 1 atom stereocenters. The van der Waals surface area contributed by atoms with E-state index in [1.54, 1.807) is 17.0 Å². The van der Waals surface area contributed by atoms with Crippen LogP contribution in [0.1, 0.15) is 30.0 Å². The van der Waals surface area contributed by atoms with Gasteiger partial charge in [0.25, 0.3) is 5.56 Å². The Balaban J connectivity index is 1.28. The summed E-state index contributed by atoms with van der Waals surface area (Å²) in [6, 6.07) is 9.33. The van der Waals surface area contributed by atoms with Crippen molar-refractivity contribution in [1.29, 1.82) is 0 Å². The summed E-state index contributed by atoms with van der Waals surface area (Å²) in [4.78, 5) is 18.0. The monoisotopic (exact) mass is 464 g/mol. The number of aromatic amines is 1. The molecule has 1 aromatic carbocycles. The summed E-state index contributed by atoms with van der Waals surface area (Å²) in [7, 11) is 0. The number of hydrogen-bond acceptors (Lipinski definition) is 9. The molecule has 0 unspecified atom stereocenters. The number of fused-ring (bicyclic) bond motifs is 2. The molecule has 0 spiro atoms. The lowest BCUT2D eigenvalue weighted by Gasteiger charge is -2.21. The van der Waals surface area contributed by atoms with Gasteiger partial charge in [-0.3, -0.25) is 9.69 Å². The highest BCUT2D eigenvalue weighted by molar-refractivity contribution is 5.83. The number of furan rings is 1. The lowest BCUT2D eigenvalue weighted by Crippen LogP contribution is -2.28. The highest BCUT2D eigenvalue weighted by Crippen LogP contribution is 2.35. The molecule has 2 aliphatic heterocycles. The number of ether oxygens (including phenoxy) is 3. The molecule has 1 fully saturated rings. The number of nitrogens with zero attached hydrogens (tertiary/aromatic N) is 5. The van der Waals surface area contributed by atoms with E-state index in [-0.39, 0.29) is 18.5 Å².